The number of hydrogen-bond acceptors (Lipinski definition) is 3. The zero-order chi connectivity index (χ0) is 14.5. The quantitative estimate of drug-likeness (QED) is 0.882. The van der Waals surface area contributed by atoms with Crippen molar-refractivity contribution in [1.82, 2.24) is 0 Å². The first-order chi connectivity index (χ1) is 9.41. The van der Waals surface area contributed by atoms with Crippen LogP contribution in [-0.4, -0.2) is 23.7 Å². The highest BCUT2D eigenvalue weighted by Gasteiger charge is 2.41. The fourth-order valence-electron chi connectivity index (χ4n) is 2.94. The SMILES string of the molecule is CC1(C)C(=O)Nc2c(C(O)C3CCCO3)cc(Cl)cc21. The van der Waals surface area contributed by atoms with Gasteiger partial charge in [0.05, 0.1) is 17.2 Å². The summed E-state index contributed by atoms with van der Waals surface area (Å²) >= 11 is 6.16. The van der Waals surface area contributed by atoms with Crippen molar-refractivity contribution >= 4 is 23.2 Å². The Hall–Kier alpha value is -1.10. The monoisotopic (exact) mass is 295 g/mol. The van der Waals surface area contributed by atoms with Crippen LogP contribution in [0.4, 0.5) is 5.69 Å². The maximum Gasteiger partial charge on any atom is 0.234 e. The second-order valence-electron chi connectivity index (χ2n) is 5.99. The van der Waals surface area contributed by atoms with Crippen LogP contribution in [0.25, 0.3) is 0 Å². The molecule has 5 heteroatoms. The molecule has 3 rings (SSSR count). The van der Waals surface area contributed by atoms with E-state index < -0.39 is 11.5 Å². The summed E-state index contributed by atoms with van der Waals surface area (Å²) in [5.41, 5.74) is 1.54. The number of rotatable bonds is 2. The molecule has 2 aliphatic heterocycles. The molecule has 0 aromatic heterocycles. The molecule has 20 heavy (non-hydrogen) atoms. The lowest BCUT2D eigenvalue weighted by Crippen LogP contribution is -2.26. The van der Waals surface area contributed by atoms with Gasteiger partial charge in [-0.1, -0.05) is 11.6 Å². The van der Waals surface area contributed by atoms with Gasteiger partial charge in [0.25, 0.3) is 0 Å². The van der Waals surface area contributed by atoms with Crippen LogP contribution in [0, 0.1) is 0 Å². The summed E-state index contributed by atoms with van der Waals surface area (Å²) in [6.07, 6.45) is 0.777. The molecule has 0 bridgehead atoms. The first kappa shape index (κ1) is 13.9. The van der Waals surface area contributed by atoms with Crippen molar-refractivity contribution in [2.45, 2.75) is 44.3 Å². The highest BCUT2D eigenvalue weighted by Crippen LogP contribution is 2.44. The number of carbonyl (C=O) groups is 1. The van der Waals surface area contributed by atoms with E-state index in [1.165, 1.54) is 0 Å². The summed E-state index contributed by atoms with van der Waals surface area (Å²) in [6.45, 7) is 4.38. The van der Waals surface area contributed by atoms with Gasteiger partial charge < -0.3 is 15.2 Å². The van der Waals surface area contributed by atoms with Crippen LogP contribution in [0.1, 0.15) is 43.9 Å². The molecule has 1 fully saturated rings. The standard InChI is InChI=1S/C15H18ClNO3/c1-15(2)10-7-8(16)6-9(12(10)17-14(15)19)13(18)11-4-3-5-20-11/h6-7,11,13,18H,3-5H2,1-2H3,(H,17,19). The van der Waals surface area contributed by atoms with Crippen molar-refractivity contribution in [3.05, 3.63) is 28.3 Å². The summed E-state index contributed by atoms with van der Waals surface area (Å²) in [5.74, 6) is -0.0736. The number of hydrogen-bond donors (Lipinski definition) is 2. The minimum absolute atomic E-state index is 0.0736. The Labute approximate surface area is 123 Å². The molecule has 0 spiro atoms. The van der Waals surface area contributed by atoms with Gasteiger partial charge in [-0.3, -0.25) is 4.79 Å². The van der Waals surface area contributed by atoms with Gasteiger partial charge in [-0.25, -0.2) is 0 Å². The summed E-state index contributed by atoms with van der Waals surface area (Å²) < 4.78 is 5.54. The van der Waals surface area contributed by atoms with Gasteiger partial charge in [-0.2, -0.15) is 0 Å². The highest BCUT2D eigenvalue weighted by atomic mass is 35.5. The van der Waals surface area contributed by atoms with E-state index in [1.807, 2.05) is 13.8 Å². The summed E-state index contributed by atoms with van der Waals surface area (Å²) in [5, 5.41) is 13.9. The molecule has 4 nitrogen and oxygen atoms in total. The number of anilines is 1. The van der Waals surface area contributed by atoms with Crippen molar-refractivity contribution < 1.29 is 14.6 Å². The molecule has 1 amide bonds. The first-order valence-electron chi connectivity index (χ1n) is 6.86. The number of benzene rings is 1. The smallest absolute Gasteiger partial charge is 0.234 e. The average Bonchev–Trinajstić information content (AvgIpc) is 2.99. The number of ether oxygens (including phenoxy) is 1. The fourth-order valence-corrected chi connectivity index (χ4v) is 3.16. The second kappa shape index (κ2) is 4.72. The van der Waals surface area contributed by atoms with E-state index in [1.54, 1.807) is 12.1 Å². The van der Waals surface area contributed by atoms with Gasteiger partial charge in [0, 0.05) is 17.2 Å². The Bertz CT molecular complexity index is 564. The molecule has 2 heterocycles. The summed E-state index contributed by atoms with van der Waals surface area (Å²) in [4.78, 5) is 12.1. The highest BCUT2D eigenvalue weighted by molar-refractivity contribution is 6.31. The Balaban J connectivity index is 2.07. The van der Waals surface area contributed by atoms with E-state index in [9.17, 15) is 9.90 Å². The van der Waals surface area contributed by atoms with Crippen molar-refractivity contribution in [3.63, 3.8) is 0 Å². The van der Waals surface area contributed by atoms with Crippen LogP contribution in [0.2, 0.25) is 5.02 Å². The van der Waals surface area contributed by atoms with Gasteiger partial charge in [0.15, 0.2) is 0 Å². The Morgan fingerprint density at radius 3 is 2.90 bits per heavy atom. The number of carbonyl (C=O) groups excluding carboxylic acids is 1. The van der Waals surface area contributed by atoms with Crippen LogP contribution < -0.4 is 5.32 Å². The zero-order valence-electron chi connectivity index (χ0n) is 11.6. The lowest BCUT2D eigenvalue weighted by molar-refractivity contribution is -0.119. The predicted molar refractivity (Wildman–Crippen MR) is 77.0 cm³/mol. The van der Waals surface area contributed by atoms with E-state index >= 15 is 0 Å². The molecule has 1 saturated heterocycles. The van der Waals surface area contributed by atoms with Crippen LogP contribution in [0.15, 0.2) is 12.1 Å². The number of fused-ring (bicyclic) bond motifs is 1. The van der Waals surface area contributed by atoms with Crippen LogP contribution in [0.3, 0.4) is 0 Å². The molecule has 108 valence electrons. The molecule has 2 unspecified atom stereocenters. The topological polar surface area (TPSA) is 58.6 Å². The third kappa shape index (κ3) is 2.03. The number of aliphatic hydroxyl groups excluding tert-OH is 1. The molecule has 1 aromatic rings. The number of amides is 1. The molecule has 0 radical (unpaired) electrons. The molecular formula is C15H18ClNO3. The lowest BCUT2D eigenvalue weighted by Gasteiger charge is -2.21. The van der Waals surface area contributed by atoms with E-state index in [0.29, 0.717) is 22.9 Å². The third-order valence-corrected chi connectivity index (χ3v) is 4.47. The van der Waals surface area contributed by atoms with Gasteiger partial charge >= 0.3 is 0 Å². The maximum atomic E-state index is 12.1. The van der Waals surface area contributed by atoms with Crippen molar-refractivity contribution in [3.8, 4) is 0 Å². The third-order valence-electron chi connectivity index (χ3n) is 4.25. The van der Waals surface area contributed by atoms with E-state index in [-0.39, 0.29) is 12.0 Å². The van der Waals surface area contributed by atoms with Crippen molar-refractivity contribution in [1.29, 1.82) is 0 Å². The molecule has 2 aliphatic rings. The number of aliphatic hydroxyl groups is 1. The van der Waals surface area contributed by atoms with E-state index in [2.05, 4.69) is 5.32 Å². The predicted octanol–water partition coefficient (Wildman–Crippen LogP) is 2.78. The first-order valence-corrected chi connectivity index (χ1v) is 7.24. The maximum absolute atomic E-state index is 12.1. The van der Waals surface area contributed by atoms with Crippen LogP contribution >= 0.6 is 11.6 Å². The molecular weight excluding hydrogens is 278 g/mol. The van der Waals surface area contributed by atoms with E-state index in [0.717, 1.165) is 18.4 Å². The average molecular weight is 296 g/mol. The molecule has 0 saturated carbocycles. The van der Waals surface area contributed by atoms with Gasteiger partial charge in [0.2, 0.25) is 5.91 Å². The van der Waals surface area contributed by atoms with Crippen molar-refractivity contribution in [2.75, 3.05) is 11.9 Å². The number of halogens is 1. The molecule has 2 N–H and O–H groups in total. The fraction of sp³-hybridized carbons (Fsp3) is 0.533. The zero-order valence-corrected chi connectivity index (χ0v) is 12.3. The number of nitrogens with one attached hydrogen (secondary N) is 1. The Kier molecular flexibility index (Phi) is 3.27. The summed E-state index contributed by atoms with van der Waals surface area (Å²) in [7, 11) is 0. The lowest BCUT2D eigenvalue weighted by atomic mass is 9.84. The Morgan fingerprint density at radius 1 is 1.50 bits per heavy atom. The Morgan fingerprint density at radius 2 is 2.25 bits per heavy atom. The molecule has 0 aliphatic carbocycles. The molecule has 2 atom stereocenters. The normalized spacial score (nSPS) is 25.4. The summed E-state index contributed by atoms with van der Waals surface area (Å²) in [6, 6.07) is 3.51. The van der Waals surface area contributed by atoms with E-state index in [4.69, 9.17) is 16.3 Å². The van der Waals surface area contributed by atoms with Crippen LogP contribution in [0.5, 0.6) is 0 Å². The molecule has 1 aromatic carbocycles. The minimum Gasteiger partial charge on any atom is -0.386 e. The van der Waals surface area contributed by atoms with Crippen molar-refractivity contribution in [2.24, 2.45) is 0 Å². The second-order valence-corrected chi connectivity index (χ2v) is 6.43. The minimum atomic E-state index is -0.765. The van der Waals surface area contributed by atoms with Gasteiger partial charge in [-0.15, -0.1) is 0 Å². The largest absolute Gasteiger partial charge is 0.386 e. The van der Waals surface area contributed by atoms with Crippen LogP contribution in [-0.2, 0) is 14.9 Å². The van der Waals surface area contributed by atoms with Gasteiger partial charge in [-0.05, 0) is 44.4 Å². The van der Waals surface area contributed by atoms with Gasteiger partial charge in [0.1, 0.15) is 6.10 Å².